The summed E-state index contributed by atoms with van der Waals surface area (Å²) in [6, 6.07) is 0. The van der Waals surface area contributed by atoms with Crippen LogP contribution in [0.15, 0.2) is 0 Å². The Morgan fingerprint density at radius 3 is 2.60 bits per heavy atom. The highest BCUT2D eigenvalue weighted by Crippen LogP contribution is 1.88. The van der Waals surface area contributed by atoms with Crippen LogP contribution in [0, 0.1) is 0 Å². The molecule has 0 radical (unpaired) electrons. The van der Waals surface area contributed by atoms with Gasteiger partial charge in [-0.25, -0.2) is 4.79 Å². The Bertz CT molecular complexity index is 208. The second kappa shape index (κ2) is 8.19. The van der Waals surface area contributed by atoms with E-state index in [0.29, 0.717) is 13.0 Å². The lowest BCUT2D eigenvalue weighted by molar-refractivity contribution is -0.148. The third-order valence-corrected chi connectivity index (χ3v) is 1.82. The molecule has 1 amide bonds. The molecule has 0 spiro atoms. The van der Waals surface area contributed by atoms with Gasteiger partial charge in [-0.2, -0.15) is 0 Å². The first-order valence-corrected chi connectivity index (χ1v) is 4.84. The van der Waals surface area contributed by atoms with Gasteiger partial charge in [-0.15, -0.1) is 0 Å². The van der Waals surface area contributed by atoms with Gasteiger partial charge >= 0.3 is 5.97 Å². The van der Waals surface area contributed by atoms with Crippen LogP contribution in [0.1, 0.15) is 13.3 Å². The molecule has 6 nitrogen and oxygen atoms in total. The number of nitrogens with one attached hydrogen (secondary N) is 2. The SMILES string of the molecule is CCNCCC(=O)NCC(OC)C(=O)O. The van der Waals surface area contributed by atoms with Crippen molar-refractivity contribution < 1.29 is 19.4 Å². The van der Waals surface area contributed by atoms with Gasteiger partial charge in [0.25, 0.3) is 0 Å². The van der Waals surface area contributed by atoms with E-state index < -0.39 is 12.1 Å². The van der Waals surface area contributed by atoms with Gasteiger partial charge < -0.3 is 20.5 Å². The third-order valence-electron chi connectivity index (χ3n) is 1.82. The van der Waals surface area contributed by atoms with E-state index in [1.165, 1.54) is 7.11 Å². The average Bonchev–Trinajstić information content (AvgIpc) is 2.18. The van der Waals surface area contributed by atoms with Gasteiger partial charge in [0.15, 0.2) is 6.10 Å². The second-order valence-corrected chi connectivity index (χ2v) is 2.97. The summed E-state index contributed by atoms with van der Waals surface area (Å²) in [6.07, 6.45) is -0.641. The van der Waals surface area contributed by atoms with E-state index in [1.807, 2.05) is 6.92 Å². The molecule has 0 aromatic heterocycles. The van der Waals surface area contributed by atoms with Crippen LogP contribution >= 0.6 is 0 Å². The fourth-order valence-corrected chi connectivity index (χ4v) is 0.945. The highest BCUT2D eigenvalue weighted by molar-refractivity contribution is 5.78. The lowest BCUT2D eigenvalue weighted by atomic mass is 10.3. The lowest BCUT2D eigenvalue weighted by Crippen LogP contribution is -2.38. The van der Waals surface area contributed by atoms with Gasteiger partial charge in [0.05, 0.1) is 6.54 Å². The molecule has 0 heterocycles. The molecule has 6 heteroatoms. The summed E-state index contributed by atoms with van der Waals surface area (Å²) < 4.78 is 4.66. The van der Waals surface area contributed by atoms with Crippen LogP contribution in [0.25, 0.3) is 0 Å². The molecule has 88 valence electrons. The van der Waals surface area contributed by atoms with Crippen molar-refractivity contribution in [3.63, 3.8) is 0 Å². The molecule has 0 saturated carbocycles. The number of methoxy groups -OCH3 is 1. The summed E-state index contributed by atoms with van der Waals surface area (Å²) in [4.78, 5) is 21.7. The number of ether oxygens (including phenoxy) is 1. The maximum absolute atomic E-state index is 11.2. The molecule has 0 aromatic rings. The van der Waals surface area contributed by atoms with Gasteiger partial charge in [0.2, 0.25) is 5.91 Å². The maximum Gasteiger partial charge on any atom is 0.334 e. The van der Waals surface area contributed by atoms with Crippen molar-refractivity contribution in [2.45, 2.75) is 19.4 Å². The van der Waals surface area contributed by atoms with Crippen molar-refractivity contribution in [2.24, 2.45) is 0 Å². The highest BCUT2D eigenvalue weighted by Gasteiger charge is 2.16. The van der Waals surface area contributed by atoms with Crippen LogP contribution in [0.5, 0.6) is 0 Å². The minimum atomic E-state index is -1.08. The monoisotopic (exact) mass is 218 g/mol. The molecule has 0 aliphatic rings. The Hall–Kier alpha value is -1.14. The lowest BCUT2D eigenvalue weighted by Gasteiger charge is -2.11. The topological polar surface area (TPSA) is 87.7 Å². The van der Waals surface area contributed by atoms with E-state index in [1.54, 1.807) is 0 Å². The van der Waals surface area contributed by atoms with E-state index in [4.69, 9.17) is 5.11 Å². The summed E-state index contributed by atoms with van der Waals surface area (Å²) in [6.45, 7) is 3.34. The summed E-state index contributed by atoms with van der Waals surface area (Å²) in [5.41, 5.74) is 0. The summed E-state index contributed by atoms with van der Waals surface area (Å²) in [5.74, 6) is -1.26. The fraction of sp³-hybridized carbons (Fsp3) is 0.778. The maximum atomic E-state index is 11.2. The highest BCUT2D eigenvalue weighted by atomic mass is 16.5. The van der Waals surface area contributed by atoms with Gasteiger partial charge in [0, 0.05) is 20.1 Å². The minimum Gasteiger partial charge on any atom is -0.479 e. The van der Waals surface area contributed by atoms with Crippen LogP contribution in [0.2, 0.25) is 0 Å². The van der Waals surface area contributed by atoms with E-state index in [2.05, 4.69) is 15.4 Å². The first-order chi connectivity index (χ1) is 7.11. The van der Waals surface area contributed by atoms with Crippen molar-refractivity contribution in [3.05, 3.63) is 0 Å². The average molecular weight is 218 g/mol. The number of carbonyl (C=O) groups excluding carboxylic acids is 1. The number of rotatable bonds is 8. The minimum absolute atomic E-state index is 0.00318. The molecule has 0 rings (SSSR count). The van der Waals surface area contributed by atoms with E-state index in [0.717, 1.165) is 6.54 Å². The molecule has 3 N–H and O–H groups in total. The molecular formula is C9H18N2O4. The van der Waals surface area contributed by atoms with Crippen LogP contribution in [0.3, 0.4) is 0 Å². The third kappa shape index (κ3) is 6.87. The van der Waals surface area contributed by atoms with Gasteiger partial charge in [-0.3, -0.25) is 4.79 Å². The number of carbonyl (C=O) groups is 2. The Morgan fingerprint density at radius 1 is 1.47 bits per heavy atom. The van der Waals surface area contributed by atoms with Crippen LogP contribution in [0.4, 0.5) is 0 Å². The number of aliphatic carboxylic acids is 1. The number of carboxylic acid groups (broad SMARTS) is 1. The molecule has 0 bridgehead atoms. The summed E-state index contributed by atoms with van der Waals surface area (Å²) in [7, 11) is 1.30. The molecule has 0 fully saturated rings. The first kappa shape index (κ1) is 13.9. The quantitative estimate of drug-likeness (QED) is 0.464. The standard InChI is InChI=1S/C9H18N2O4/c1-3-10-5-4-8(12)11-6-7(15-2)9(13)14/h7,10H,3-6H2,1-2H3,(H,11,12)(H,13,14). The largest absolute Gasteiger partial charge is 0.479 e. The Morgan fingerprint density at radius 2 is 2.13 bits per heavy atom. The molecular weight excluding hydrogens is 200 g/mol. The summed E-state index contributed by atoms with van der Waals surface area (Å²) >= 11 is 0. The number of hydrogen-bond acceptors (Lipinski definition) is 4. The van der Waals surface area contributed by atoms with Crippen molar-refractivity contribution in [3.8, 4) is 0 Å². The zero-order valence-electron chi connectivity index (χ0n) is 9.08. The Labute approximate surface area is 89.0 Å². The Kier molecular flexibility index (Phi) is 7.57. The van der Waals surface area contributed by atoms with Crippen LogP contribution in [-0.2, 0) is 14.3 Å². The number of hydrogen-bond donors (Lipinski definition) is 3. The van der Waals surface area contributed by atoms with E-state index >= 15 is 0 Å². The van der Waals surface area contributed by atoms with Gasteiger partial charge in [-0.05, 0) is 6.54 Å². The molecule has 1 unspecified atom stereocenters. The molecule has 0 saturated heterocycles. The number of amides is 1. The normalized spacial score (nSPS) is 12.1. The predicted molar refractivity (Wildman–Crippen MR) is 54.6 cm³/mol. The van der Waals surface area contributed by atoms with E-state index in [9.17, 15) is 9.59 Å². The van der Waals surface area contributed by atoms with Gasteiger partial charge in [-0.1, -0.05) is 6.92 Å². The Balaban J connectivity index is 3.64. The fourth-order valence-electron chi connectivity index (χ4n) is 0.945. The van der Waals surface area contributed by atoms with Crippen molar-refractivity contribution >= 4 is 11.9 Å². The summed E-state index contributed by atoms with van der Waals surface area (Å²) in [5, 5.41) is 14.1. The molecule has 0 aliphatic heterocycles. The van der Waals surface area contributed by atoms with E-state index in [-0.39, 0.29) is 12.5 Å². The van der Waals surface area contributed by atoms with Crippen molar-refractivity contribution in [1.29, 1.82) is 0 Å². The van der Waals surface area contributed by atoms with Crippen LogP contribution < -0.4 is 10.6 Å². The molecule has 1 atom stereocenters. The predicted octanol–water partition coefficient (Wildman–Crippen LogP) is -0.798. The van der Waals surface area contributed by atoms with Gasteiger partial charge in [0.1, 0.15) is 0 Å². The smallest absolute Gasteiger partial charge is 0.334 e. The molecule has 15 heavy (non-hydrogen) atoms. The second-order valence-electron chi connectivity index (χ2n) is 2.97. The first-order valence-electron chi connectivity index (χ1n) is 4.84. The van der Waals surface area contributed by atoms with Crippen LogP contribution in [-0.4, -0.2) is 49.8 Å². The molecule has 0 aliphatic carbocycles. The molecule has 0 aromatic carbocycles. The van der Waals surface area contributed by atoms with Crippen molar-refractivity contribution in [1.82, 2.24) is 10.6 Å². The zero-order valence-corrected chi connectivity index (χ0v) is 9.08. The van der Waals surface area contributed by atoms with Crippen molar-refractivity contribution in [2.75, 3.05) is 26.7 Å². The number of carboxylic acids is 1. The zero-order chi connectivity index (χ0) is 11.7.